The molecule has 14 heavy (non-hydrogen) atoms. The Morgan fingerprint density at radius 2 is 1.71 bits per heavy atom. The van der Waals surface area contributed by atoms with Crippen molar-refractivity contribution >= 4 is 0 Å². The molecule has 1 nitrogen and oxygen atoms in total. The predicted molar refractivity (Wildman–Crippen MR) is 42.6 cm³/mol. The van der Waals surface area contributed by atoms with Gasteiger partial charge in [-0.3, -0.25) is 0 Å². The summed E-state index contributed by atoms with van der Waals surface area (Å²) >= 11 is 0. The first-order valence-electron chi connectivity index (χ1n) is 3.82. The summed E-state index contributed by atoms with van der Waals surface area (Å²) in [4.78, 5) is 0. The van der Waals surface area contributed by atoms with Crippen molar-refractivity contribution in [1.29, 1.82) is 0 Å². The third-order valence-electron chi connectivity index (χ3n) is 1.85. The largest absolute Gasteiger partial charge is 0.573 e. The van der Waals surface area contributed by atoms with Crippen molar-refractivity contribution in [3.8, 4) is 5.75 Å². The second kappa shape index (κ2) is 3.48. The maximum Gasteiger partial charge on any atom is 0.573 e. The average Bonchev–Trinajstić information content (AvgIpc) is 2.04. The van der Waals surface area contributed by atoms with Crippen molar-refractivity contribution in [3.63, 3.8) is 0 Å². The van der Waals surface area contributed by atoms with Gasteiger partial charge in [0.05, 0.1) is 0 Å². The molecule has 0 amide bonds. The van der Waals surface area contributed by atoms with E-state index in [1.807, 2.05) is 0 Å². The number of benzene rings is 1. The van der Waals surface area contributed by atoms with E-state index < -0.39 is 17.9 Å². The minimum atomic E-state index is -4.86. The van der Waals surface area contributed by atoms with Gasteiger partial charge in [-0.2, -0.15) is 0 Å². The van der Waals surface area contributed by atoms with Crippen LogP contribution in [0.5, 0.6) is 5.75 Å². The number of hydrogen-bond acceptors (Lipinski definition) is 1. The van der Waals surface area contributed by atoms with Crippen LogP contribution in [0.1, 0.15) is 11.1 Å². The molecule has 0 saturated heterocycles. The highest BCUT2D eigenvalue weighted by Crippen LogP contribution is 2.28. The van der Waals surface area contributed by atoms with Gasteiger partial charge in [-0.1, -0.05) is 6.07 Å². The topological polar surface area (TPSA) is 9.23 Å². The summed E-state index contributed by atoms with van der Waals surface area (Å²) in [6, 6.07) is 2.34. The van der Waals surface area contributed by atoms with Gasteiger partial charge in [-0.25, -0.2) is 4.39 Å². The van der Waals surface area contributed by atoms with Crippen LogP contribution >= 0.6 is 0 Å². The number of ether oxygens (including phenoxy) is 1. The second-order valence-electron chi connectivity index (χ2n) is 2.87. The van der Waals surface area contributed by atoms with Gasteiger partial charge in [-0.05, 0) is 31.0 Å². The smallest absolute Gasteiger partial charge is 0.403 e. The molecule has 0 aliphatic rings. The van der Waals surface area contributed by atoms with Crippen LogP contribution in [0.3, 0.4) is 0 Å². The monoisotopic (exact) mass is 208 g/mol. The molecule has 1 rings (SSSR count). The Balaban J connectivity index is 3.06. The number of rotatable bonds is 1. The summed E-state index contributed by atoms with van der Waals surface area (Å²) in [6.45, 7) is 3.00. The van der Waals surface area contributed by atoms with Gasteiger partial charge in [-0.15, -0.1) is 13.2 Å². The van der Waals surface area contributed by atoms with Crippen LogP contribution in [0, 0.1) is 19.7 Å². The molecule has 0 unspecified atom stereocenters. The first kappa shape index (κ1) is 10.8. The fraction of sp³-hybridized carbons (Fsp3) is 0.333. The third kappa shape index (κ3) is 2.37. The van der Waals surface area contributed by atoms with Gasteiger partial charge >= 0.3 is 6.36 Å². The van der Waals surface area contributed by atoms with E-state index in [4.69, 9.17) is 0 Å². The van der Waals surface area contributed by atoms with Crippen molar-refractivity contribution in [2.45, 2.75) is 20.2 Å². The van der Waals surface area contributed by atoms with Crippen LogP contribution in [0.4, 0.5) is 17.6 Å². The molecule has 0 aromatic heterocycles. The van der Waals surface area contributed by atoms with Crippen LogP contribution in [-0.4, -0.2) is 6.36 Å². The van der Waals surface area contributed by atoms with E-state index in [1.165, 1.54) is 13.0 Å². The minimum absolute atomic E-state index is 0.159. The summed E-state index contributed by atoms with van der Waals surface area (Å²) in [5.41, 5.74) is 0.740. The molecule has 0 aliphatic heterocycles. The molecule has 0 N–H and O–H groups in total. The Bertz CT molecular complexity index is 343. The highest BCUT2D eigenvalue weighted by Gasteiger charge is 2.32. The maximum absolute atomic E-state index is 13.2. The summed E-state index contributed by atoms with van der Waals surface area (Å²) in [5.74, 6) is -1.76. The van der Waals surface area contributed by atoms with Crippen LogP contribution in [0.2, 0.25) is 0 Å². The first-order valence-corrected chi connectivity index (χ1v) is 3.82. The van der Waals surface area contributed by atoms with Crippen LogP contribution in [-0.2, 0) is 0 Å². The normalized spacial score (nSPS) is 11.6. The standard InChI is InChI=1S/C9H8F4O/c1-5-3-4-7(8(10)6(5)2)14-9(11,12)13/h3-4H,1-2H3. The van der Waals surface area contributed by atoms with Gasteiger partial charge in [0, 0.05) is 0 Å². The lowest BCUT2D eigenvalue weighted by Crippen LogP contribution is -2.18. The van der Waals surface area contributed by atoms with Crippen molar-refractivity contribution in [1.82, 2.24) is 0 Å². The lowest BCUT2D eigenvalue weighted by molar-refractivity contribution is -0.275. The van der Waals surface area contributed by atoms with Crippen molar-refractivity contribution < 1.29 is 22.3 Å². The van der Waals surface area contributed by atoms with Crippen LogP contribution in [0.25, 0.3) is 0 Å². The average molecular weight is 208 g/mol. The number of aryl methyl sites for hydroxylation is 1. The highest BCUT2D eigenvalue weighted by atomic mass is 19.4. The minimum Gasteiger partial charge on any atom is -0.403 e. The Kier molecular flexibility index (Phi) is 2.69. The molecule has 0 heterocycles. The summed E-state index contributed by atoms with van der Waals surface area (Å²) in [7, 11) is 0. The van der Waals surface area contributed by atoms with Gasteiger partial charge in [0.1, 0.15) is 0 Å². The van der Waals surface area contributed by atoms with Gasteiger partial charge in [0.25, 0.3) is 0 Å². The van der Waals surface area contributed by atoms with E-state index in [0.29, 0.717) is 5.56 Å². The molecule has 78 valence electrons. The van der Waals surface area contributed by atoms with Crippen molar-refractivity contribution in [2.24, 2.45) is 0 Å². The molecule has 0 aliphatic carbocycles. The van der Waals surface area contributed by atoms with E-state index in [2.05, 4.69) is 4.74 Å². The molecule has 0 atom stereocenters. The zero-order valence-electron chi connectivity index (χ0n) is 7.57. The second-order valence-corrected chi connectivity index (χ2v) is 2.87. The summed E-state index contributed by atoms with van der Waals surface area (Å²) in [6.07, 6.45) is -4.86. The van der Waals surface area contributed by atoms with Crippen molar-refractivity contribution in [2.75, 3.05) is 0 Å². The highest BCUT2D eigenvalue weighted by molar-refractivity contribution is 5.36. The quantitative estimate of drug-likeness (QED) is 0.643. The summed E-state index contributed by atoms with van der Waals surface area (Å²) in [5, 5.41) is 0. The zero-order chi connectivity index (χ0) is 10.9. The molecule has 0 saturated carbocycles. The van der Waals surface area contributed by atoms with E-state index in [9.17, 15) is 17.6 Å². The Hall–Kier alpha value is -1.26. The number of halogens is 4. The molecule has 0 fully saturated rings. The fourth-order valence-electron chi connectivity index (χ4n) is 0.960. The first-order chi connectivity index (χ1) is 6.31. The molecule has 5 heteroatoms. The molecule has 0 radical (unpaired) electrons. The Labute approximate surface area is 78.3 Å². The summed E-state index contributed by atoms with van der Waals surface area (Å²) < 4.78 is 52.0. The van der Waals surface area contributed by atoms with Gasteiger partial charge < -0.3 is 4.74 Å². The molecular weight excluding hydrogens is 200 g/mol. The van der Waals surface area contributed by atoms with Crippen LogP contribution in [0.15, 0.2) is 12.1 Å². The van der Waals surface area contributed by atoms with E-state index in [0.717, 1.165) is 6.07 Å². The molecule has 1 aromatic rings. The third-order valence-corrected chi connectivity index (χ3v) is 1.85. The molecule has 0 spiro atoms. The van der Waals surface area contributed by atoms with E-state index in [-0.39, 0.29) is 5.56 Å². The SMILES string of the molecule is Cc1ccc(OC(F)(F)F)c(F)c1C. The molecule has 0 bridgehead atoms. The lowest BCUT2D eigenvalue weighted by atomic mass is 10.1. The molecular formula is C9H8F4O. The van der Waals surface area contributed by atoms with Gasteiger partial charge in [0.15, 0.2) is 11.6 Å². The Morgan fingerprint density at radius 3 is 2.21 bits per heavy atom. The fourth-order valence-corrected chi connectivity index (χ4v) is 0.960. The maximum atomic E-state index is 13.2. The zero-order valence-corrected chi connectivity index (χ0v) is 7.57. The van der Waals surface area contributed by atoms with Crippen molar-refractivity contribution in [3.05, 3.63) is 29.1 Å². The van der Waals surface area contributed by atoms with E-state index in [1.54, 1.807) is 6.92 Å². The number of hydrogen-bond donors (Lipinski definition) is 0. The van der Waals surface area contributed by atoms with E-state index >= 15 is 0 Å². The number of alkyl halides is 3. The van der Waals surface area contributed by atoms with Crippen LogP contribution < -0.4 is 4.74 Å². The predicted octanol–water partition coefficient (Wildman–Crippen LogP) is 3.34. The molecule has 1 aromatic carbocycles. The lowest BCUT2D eigenvalue weighted by Gasteiger charge is -2.11. The Morgan fingerprint density at radius 1 is 1.14 bits per heavy atom. The van der Waals surface area contributed by atoms with Gasteiger partial charge in [0.2, 0.25) is 0 Å².